The Balaban J connectivity index is 0.00000272. The van der Waals surface area contributed by atoms with Crippen molar-refractivity contribution in [1.82, 2.24) is 15.2 Å². The Bertz CT molecular complexity index is 822. The van der Waals surface area contributed by atoms with Gasteiger partial charge < -0.3 is 19.9 Å². The van der Waals surface area contributed by atoms with E-state index >= 15 is 0 Å². The van der Waals surface area contributed by atoms with Gasteiger partial charge in [0.05, 0.1) is 6.10 Å². The summed E-state index contributed by atoms with van der Waals surface area (Å²) in [5, 5.41) is 3.64. The molecule has 0 radical (unpaired) electrons. The Hall–Kier alpha value is -1.87. The fraction of sp³-hybridized carbons (Fsp3) is 0.500. The zero-order valence-corrected chi connectivity index (χ0v) is 20.9. The predicted octanol–water partition coefficient (Wildman–Crippen LogP) is 3.87. The summed E-state index contributed by atoms with van der Waals surface area (Å²) in [6.45, 7) is 7.65. The lowest BCUT2D eigenvalue weighted by atomic mass is 9.89. The molecule has 1 aromatic heterocycles. The molecule has 1 N–H and O–H groups in total. The number of anilines is 1. The van der Waals surface area contributed by atoms with Crippen molar-refractivity contribution < 1.29 is 4.74 Å². The van der Waals surface area contributed by atoms with E-state index in [1.807, 2.05) is 25.4 Å². The van der Waals surface area contributed by atoms with Crippen LogP contribution < -0.4 is 10.2 Å². The highest BCUT2D eigenvalue weighted by molar-refractivity contribution is 14.0. The molecule has 2 fully saturated rings. The highest BCUT2D eigenvalue weighted by Gasteiger charge is 2.28. The number of aromatic nitrogens is 1. The molecule has 0 amide bonds. The summed E-state index contributed by atoms with van der Waals surface area (Å²) in [5.74, 6) is 2.50. The van der Waals surface area contributed by atoms with Crippen molar-refractivity contribution in [2.45, 2.75) is 25.9 Å². The third-order valence-corrected chi connectivity index (χ3v) is 6.14. The first kappa shape index (κ1) is 23.8. The number of guanidine groups is 1. The SMILES string of the molecule is CN=C(NCC1CCCOC1c1ccc(C)cc1)N1CCN(c2ccccn2)CC1.I. The lowest BCUT2D eigenvalue weighted by Crippen LogP contribution is -2.53. The molecule has 1 aromatic carbocycles. The maximum absolute atomic E-state index is 6.18. The summed E-state index contributed by atoms with van der Waals surface area (Å²) in [7, 11) is 1.88. The van der Waals surface area contributed by atoms with Crippen LogP contribution in [0, 0.1) is 12.8 Å². The van der Waals surface area contributed by atoms with E-state index in [1.165, 1.54) is 17.5 Å². The molecule has 2 aromatic rings. The van der Waals surface area contributed by atoms with E-state index in [4.69, 9.17) is 4.74 Å². The highest BCUT2D eigenvalue weighted by Crippen LogP contribution is 2.33. The van der Waals surface area contributed by atoms with Gasteiger partial charge in [0.1, 0.15) is 5.82 Å². The van der Waals surface area contributed by atoms with Gasteiger partial charge in [-0.3, -0.25) is 4.99 Å². The molecule has 168 valence electrons. The third kappa shape index (κ3) is 6.10. The van der Waals surface area contributed by atoms with Crippen molar-refractivity contribution in [2.24, 2.45) is 10.9 Å². The molecular formula is C24H34IN5O. The van der Waals surface area contributed by atoms with Gasteiger partial charge in [0, 0.05) is 58.5 Å². The minimum Gasteiger partial charge on any atom is -0.373 e. The maximum atomic E-state index is 6.18. The minimum atomic E-state index is 0. The first-order valence-corrected chi connectivity index (χ1v) is 11.0. The zero-order valence-electron chi connectivity index (χ0n) is 18.5. The number of hydrogen-bond donors (Lipinski definition) is 1. The molecule has 2 saturated heterocycles. The van der Waals surface area contributed by atoms with Gasteiger partial charge in [-0.05, 0) is 37.5 Å². The second kappa shape index (κ2) is 11.7. The Morgan fingerprint density at radius 3 is 2.58 bits per heavy atom. The number of hydrogen-bond acceptors (Lipinski definition) is 4. The average molecular weight is 535 g/mol. The van der Waals surface area contributed by atoms with E-state index in [0.717, 1.165) is 57.5 Å². The van der Waals surface area contributed by atoms with Crippen molar-refractivity contribution in [1.29, 1.82) is 0 Å². The molecule has 2 atom stereocenters. The average Bonchev–Trinajstić information content (AvgIpc) is 2.81. The summed E-state index contributed by atoms with van der Waals surface area (Å²) in [6, 6.07) is 14.9. The first-order chi connectivity index (χ1) is 14.7. The van der Waals surface area contributed by atoms with Crippen molar-refractivity contribution in [3.63, 3.8) is 0 Å². The molecule has 2 aliphatic heterocycles. The van der Waals surface area contributed by atoms with Crippen LogP contribution in [-0.4, -0.2) is 62.2 Å². The number of benzene rings is 1. The fourth-order valence-electron chi connectivity index (χ4n) is 4.42. The molecule has 0 saturated carbocycles. The van der Waals surface area contributed by atoms with Gasteiger partial charge in [-0.2, -0.15) is 0 Å². The van der Waals surface area contributed by atoms with Crippen molar-refractivity contribution in [3.8, 4) is 0 Å². The molecule has 3 heterocycles. The van der Waals surface area contributed by atoms with Crippen LogP contribution in [0.3, 0.4) is 0 Å². The van der Waals surface area contributed by atoms with E-state index in [1.54, 1.807) is 0 Å². The standard InChI is InChI=1S/C24H33N5O.HI/c1-19-8-10-20(11-9-19)23-21(6-5-17-30-23)18-27-24(25-2)29-15-13-28(14-16-29)22-7-3-4-12-26-22;/h3-4,7-12,21,23H,5-6,13-18H2,1-2H3,(H,25,27);1H. The van der Waals surface area contributed by atoms with Crippen LogP contribution in [0.25, 0.3) is 0 Å². The molecule has 6 nitrogen and oxygen atoms in total. The van der Waals surface area contributed by atoms with Gasteiger partial charge in [0.25, 0.3) is 0 Å². The van der Waals surface area contributed by atoms with Gasteiger partial charge in [0.2, 0.25) is 0 Å². The van der Waals surface area contributed by atoms with E-state index in [0.29, 0.717) is 5.92 Å². The second-order valence-corrected chi connectivity index (χ2v) is 8.19. The van der Waals surface area contributed by atoms with Gasteiger partial charge in [-0.25, -0.2) is 4.98 Å². The Labute approximate surface area is 203 Å². The molecule has 31 heavy (non-hydrogen) atoms. The summed E-state index contributed by atoms with van der Waals surface area (Å²) in [4.78, 5) is 13.7. The molecule has 0 spiro atoms. The summed E-state index contributed by atoms with van der Waals surface area (Å²) >= 11 is 0. The predicted molar refractivity (Wildman–Crippen MR) is 137 cm³/mol. The first-order valence-electron chi connectivity index (χ1n) is 11.0. The van der Waals surface area contributed by atoms with E-state index in [2.05, 4.69) is 62.3 Å². The Morgan fingerprint density at radius 2 is 1.90 bits per heavy atom. The third-order valence-electron chi connectivity index (χ3n) is 6.14. The van der Waals surface area contributed by atoms with Crippen LogP contribution in [0.5, 0.6) is 0 Å². The summed E-state index contributed by atoms with van der Waals surface area (Å²) < 4.78 is 6.18. The summed E-state index contributed by atoms with van der Waals surface area (Å²) in [6.07, 6.45) is 4.32. The number of aryl methyl sites for hydroxylation is 1. The lowest BCUT2D eigenvalue weighted by molar-refractivity contribution is -0.0266. The number of pyridine rings is 1. The van der Waals surface area contributed by atoms with Crippen molar-refractivity contribution >= 4 is 35.8 Å². The van der Waals surface area contributed by atoms with Crippen molar-refractivity contribution in [3.05, 3.63) is 59.8 Å². The number of aliphatic imine (C=N–C) groups is 1. The number of nitrogens with one attached hydrogen (secondary N) is 1. The lowest BCUT2D eigenvalue weighted by Gasteiger charge is -2.38. The molecule has 4 rings (SSSR count). The number of halogens is 1. The van der Waals surface area contributed by atoms with Crippen LogP contribution >= 0.6 is 24.0 Å². The Morgan fingerprint density at radius 1 is 1.13 bits per heavy atom. The van der Waals surface area contributed by atoms with Crippen LogP contribution in [0.15, 0.2) is 53.7 Å². The molecule has 0 aliphatic carbocycles. The number of piperazine rings is 1. The summed E-state index contributed by atoms with van der Waals surface area (Å²) in [5.41, 5.74) is 2.57. The molecule has 2 aliphatic rings. The molecule has 0 bridgehead atoms. The highest BCUT2D eigenvalue weighted by atomic mass is 127. The number of nitrogens with zero attached hydrogens (tertiary/aromatic N) is 4. The topological polar surface area (TPSA) is 53.0 Å². The van der Waals surface area contributed by atoms with Crippen LogP contribution in [-0.2, 0) is 4.74 Å². The number of ether oxygens (including phenoxy) is 1. The van der Waals surface area contributed by atoms with Gasteiger partial charge in [0.15, 0.2) is 5.96 Å². The molecular weight excluding hydrogens is 501 g/mol. The van der Waals surface area contributed by atoms with Gasteiger partial charge >= 0.3 is 0 Å². The van der Waals surface area contributed by atoms with E-state index < -0.39 is 0 Å². The van der Waals surface area contributed by atoms with Gasteiger partial charge in [-0.15, -0.1) is 24.0 Å². The van der Waals surface area contributed by atoms with Gasteiger partial charge in [-0.1, -0.05) is 35.9 Å². The monoisotopic (exact) mass is 535 g/mol. The second-order valence-electron chi connectivity index (χ2n) is 8.19. The normalized spacial score (nSPS) is 22.1. The van der Waals surface area contributed by atoms with E-state index in [9.17, 15) is 0 Å². The largest absolute Gasteiger partial charge is 0.373 e. The quantitative estimate of drug-likeness (QED) is 0.366. The van der Waals surface area contributed by atoms with Crippen LogP contribution in [0.2, 0.25) is 0 Å². The van der Waals surface area contributed by atoms with Crippen LogP contribution in [0.1, 0.15) is 30.1 Å². The van der Waals surface area contributed by atoms with Crippen LogP contribution in [0.4, 0.5) is 5.82 Å². The molecule has 2 unspecified atom stereocenters. The number of rotatable bonds is 4. The zero-order chi connectivity index (χ0) is 20.8. The molecule has 7 heteroatoms. The van der Waals surface area contributed by atoms with E-state index in [-0.39, 0.29) is 30.1 Å². The fourth-order valence-corrected chi connectivity index (χ4v) is 4.42. The van der Waals surface area contributed by atoms with Crippen molar-refractivity contribution in [2.75, 3.05) is 51.3 Å². The Kier molecular flexibility index (Phi) is 8.95. The smallest absolute Gasteiger partial charge is 0.193 e. The maximum Gasteiger partial charge on any atom is 0.193 e. The minimum absolute atomic E-state index is 0.